The lowest BCUT2D eigenvalue weighted by Crippen LogP contribution is -2.39. The molecule has 0 aliphatic heterocycles. The van der Waals surface area contributed by atoms with E-state index in [1.165, 1.54) is 6.26 Å². The highest BCUT2D eigenvalue weighted by molar-refractivity contribution is 7.91. The first-order valence-electron chi connectivity index (χ1n) is 5.22. The zero-order valence-corrected chi connectivity index (χ0v) is 9.87. The molecule has 0 aromatic carbocycles. The predicted molar refractivity (Wildman–Crippen MR) is 57.3 cm³/mol. The van der Waals surface area contributed by atoms with Gasteiger partial charge in [-0.15, -0.1) is 10.2 Å². The van der Waals surface area contributed by atoms with Crippen molar-refractivity contribution in [2.45, 2.75) is 37.1 Å². The molecule has 7 nitrogen and oxygen atoms in total. The van der Waals surface area contributed by atoms with Gasteiger partial charge in [0, 0.05) is 12.3 Å². The third-order valence-electron chi connectivity index (χ3n) is 2.91. The van der Waals surface area contributed by atoms with Gasteiger partial charge in [-0.1, -0.05) is 11.6 Å². The van der Waals surface area contributed by atoms with Crippen molar-refractivity contribution in [3.05, 3.63) is 5.82 Å². The predicted octanol–water partition coefficient (Wildman–Crippen LogP) is -0.745. The molecule has 2 atom stereocenters. The van der Waals surface area contributed by atoms with Crippen LogP contribution in [0.2, 0.25) is 0 Å². The highest BCUT2D eigenvalue weighted by Gasteiger charge is 2.34. The van der Waals surface area contributed by atoms with E-state index in [-0.39, 0.29) is 11.3 Å². The SMILES string of the molecule is CS(=O)(=O)C1CCCC1NCc1nn[nH]n1. The Morgan fingerprint density at radius 1 is 1.50 bits per heavy atom. The number of sulfone groups is 1. The minimum Gasteiger partial charge on any atom is -0.306 e. The molecule has 0 radical (unpaired) electrons. The summed E-state index contributed by atoms with van der Waals surface area (Å²) < 4.78 is 23.0. The summed E-state index contributed by atoms with van der Waals surface area (Å²) in [7, 11) is -2.97. The van der Waals surface area contributed by atoms with Crippen LogP contribution in [0, 0.1) is 0 Å². The number of hydrogen-bond donors (Lipinski definition) is 2. The molecule has 1 aromatic heterocycles. The van der Waals surface area contributed by atoms with Gasteiger partial charge in [0.05, 0.1) is 11.8 Å². The molecule has 2 rings (SSSR count). The van der Waals surface area contributed by atoms with E-state index < -0.39 is 9.84 Å². The van der Waals surface area contributed by atoms with Gasteiger partial charge in [-0.3, -0.25) is 0 Å². The first-order chi connectivity index (χ1) is 7.57. The van der Waals surface area contributed by atoms with Crippen LogP contribution >= 0.6 is 0 Å². The van der Waals surface area contributed by atoms with Crippen LogP contribution in [-0.2, 0) is 16.4 Å². The molecule has 0 bridgehead atoms. The smallest absolute Gasteiger partial charge is 0.188 e. The van der Waals surface area contributed by atoms with Crippen LogP contribution in [0.15, 0.2) is 0 Å². The van der Waals surface area contributed by atoms with Crippen LogP contribution in [0.4, 0.5) is 0 Å². The van der Waals surface area contributed by atoms with Gasteiger partial charge in [0.1, 0.15) is 0 Å². The number of nitrogens with one attached hydrogen (secondary N) is 2. The molecule has 1 fully saturated rings. The van der Waals surface area contributed by atoms with Crippen LogP contribution in [0.1, 0.15) is 25.1 Å². The van der Waals surface area contributed by atoms with E-state index in [9.17, 15) is 8.42 Å². The largest absolute Gasteiger partial charge is 0.306 e. The van der Waals surface area contributed by atoms with E-state index >= 15 is 0 Å². The molecule has 2 N–H and O–H groups in total. The number of tetrazole rings is 1. The van der Waals surface area contributed by atoms with Crippen molar-refractivity contribution < 1.29 is 8.42 Å². The van der Waals surface area contributed by atoms with Gasteiger partial charge < -0.3 is 5.32 Å². The van der Waals surface area contributed by atoms with Gasteiger partial charge in [0.2, 0.25) is 0 Å². The van der Waals surface area contributed by atoms with Crippen molar-refractivity contribution in [3.63, 3.8) is 0 Å². The Hall–Kier alpha value is -1.02. The molecule has 1 aliphatic carbocycles. The average Bonchev–Trinajstić information content (AvgIpc) is 2.85. The second-order valence-electron chi connectivity index (χ2n) is 4.11. The van der Waals surface area contributed by atoms with Gasteiger partial charge in [0.15, 0.2) is 15.7 Å². The minimum absolute atomic E-state index is 0.00787. The molecule has 16 heavy (non-hydrogen) atoms. The van der Waals surface area contributed by atoms with E-state index in [1.54, 1.807) is 0 Å². The molecule has 8 heteroatoms. The summed E-state index contributed by atoms with van der Waals surface area (Å²) in [6.07, 6.45) is 3.87. The molecule has 90 valence electrons. The summed E-state index contributed by atoms with van der Waals surface area (Å²) in [5, 5.41) is 16.3. The fraction of sp³-hybridized carbons (Fsp3) is 0.875. The average molecular weight is 245 g/mol. The molecule has 1 aromatic rings. The lowest BCUT2D eigenvalue weighted by molar-refractivity contribution is 0.499. The van der Waals surface area contributed by atoms with Crippen LogP contribution in [0.25, 0.3) is 0 Å². The maximum absolute atomic E-state index is 11.5. The summed E-state index contributed by atoms with van der Waals surface area (Å²) in [4.78, 5) is 0. The van der Waals surface area contributed by atoms with Crippen molar-refractivity contribution in [2.75, 3.05) is 6.26 Å². The van der Waals surface area contributed by atoms with Gasteiger partial charge >= 0.3 is 0 Å². The second kappa shape index (κ2) is 4.46. The summed E-state index contributed by atoms with van der Waals surface area (Å²) in [5.74, 6) is 0.555. The Bertz CT molecular complexity index is 429. The summed E-state index contributed by atoms with van der Waals surface area (Å²) in [6, 6.07) is 0.00787. The van der Waals surface area contributed by atoms with E-state index in [1.807, 2.05) is 0 Å². The number of nitrogens with zero attached hydrogens (tertiary/aromatic N) is 3. The molecule has 0 saturated heterocycles. The summed E-state index contributed by atoms with van der Waals surface area (Å²) in [6.45, 7) is 0.452. The van der Waals surface area contributed by atoms with Gasteiger partial charge in [-0.2, -0.15) is 5.21 Å². The Balaban J connectivity index is 1.94. The molecular weight excluding hydrogens is 230 g/mol. The summed E-state index contributed by atoms with van der Waals surface area (Å²) in [5.41, 5.74) is 0. The monoisotopic (exact) mass is 245 g/mol. The second-order valence-corrected chi connectivity index (χ2v) is 6.38. The molecule has 0 amide bonds. The Morgan fingerprint density at radius 2 is 2.31 bits per heavy atom. The number of rotatable bonds is 4. The van der Waals surface area contributed by atoms with Crippen LogP contribution in [0.3, 0.4) is 0 Å². The van der Waals surface area contributed by atoms with Crippen molar-refractivity contribution in [1.29, 1.82) is 0 Å². The van der Waals surface area contributed by atoms with Crippen molar-refractivity contribution in [1.82, 2.24) is 25.9 Å². The highest BCUT2D eigenvalue weighted by atomic mass is 32.2. The summed E-state index contributed by atoms with van der Waals surface area (Å²) >= 11 is 0. The fourth-order valence-electron chi connectivity index (χ4n) is 2.15. The highest BCUT2D eigenvalue weighted by Crippen LogP contribution is 2.25. The van der Waals surface area contributed by atoms with E-state index in [2.05, 4.69) is 25.9 Å². The molecule has 0 spiro atoms. The van der Waals surface area contributed by atoms with Crippen LogP contribution in [-0.4, -0.2) is 46.6 Å². The molecule has 1 saturated carbocycles. The standard InChI is InChI=1S/C8H15N5O2S/c1-16(14,15)7-4-2-3-6(7)9-5-8-10-12-13-11-8/h6-7,9H,2-5H2,1H3,(H,10,11,12,13). The van der Waals surface area contributed by atoms with Gasteiger partial charge in [-0.25, -0.2) is 8.42 Å². The molecule has 2 unspecified atom stereocenters. The third-order valence-corrected chi connectivity index (χ3v) is 4.58. The van der Waals surface area contributed by atoms with Gasteiger partial charge in [-0.05, 0) is 12.8 Å². The normalized spacial score (nSPS) is 26.1. The number of aromatic nitrogens is 4. The molecule has 1 heterocycles. The van der Waals surface area contributed by atoms with Gasteiger partial charge in [0.25, 0.3) is 0 Å². The topological polar surface area (TPSA) is 101 Å². The maximum Gasteiger partial charge on any atom is 0.188 e. The fourth-order valence-corrected chi connectivity index (χ4v) is 3.58. The number of hydrogen-bond acceptors (Lipinski definition) is 6. The Kier molecular flexibility index (Phi) is 3.20. The quantitative estimate of drug-likeness (QED) is 0.724. The third kappa shape index (κ3) is 2.56. The Labute approximate surface area is 93.9 Å². The zero-order valence-electron chi connectivity index (χ0n) is 9.05. The van der Waals surface area contributed by atoms with Crippen LogP contribution in [0.5, 0.6) is 0 Å². The van der Waals surface area contributed by atoms with E-state index in [4.69, 9.17) is 0 Å². The van der Waals surface area contributed by atoms with Crippen molar-refractivity contribution in [2.24, 2.45) is 0 Å². The lowest BCUT2D eigenvalue weighted by atomic mass is 10.2. The maximum atomic E-state index is 11.5. The number of aromatic amines is 1. The number of H-pyrrole nitrogens is 1. The lowest BCUT2D eigenvalue weighted by Gasteiger charge is -2.18. The van der Waals surface area contributed by atoms with E-state index in [0.717, 1.165) is 19.3 Å². The molecule has 1 aliphatic rings. The first kappa shape index (κ1) is 11.5. The van der Waals surface area contributed by atoms with Crippen molar-refractivity contribution in [3.8, 4) is 0 Å². The minimum atomic E-state index is -2.97. The van der Waals surface area contributed by atoms with Crippen molar-refractivity contribution >= 4 is 9.84 Å². The zero-order chi connectivity index (χ0) is 11.6. The van der Waals surface area contributed by atoms with E-state index in [0.29, 0.717) is 12.4 Å². The first-order valence-corrected chi connectivity index (χ1v) is 7.17. The van der Waals surface area contributed by atoms with Crippen LogP contribution < -0.4 is 5.32 Å². The molecular formula is C8H15N5O2S. The Morgan fingerprint density at radius 3 is 2.94 bits per heavy atom.